The minimum atomic E-state index is -0.361. The second-order valence-electron chi connectivity index (χ2n) is 8.24. The zero-order chi connectivity index (χ0) is 21.4. The average Bonchev–Trinajstić information content (AvgIpc) is 3.07. The van der Waals surface area contributed by atoms with Crippen molar-refractivity contribution in [3.8, 4) is 0 Å². The molecular formula is C22H29N5O3. The summed E-state index contributed by atoms with van der Waals surface area (Å²) >= 11 is 0. The van der Waals surface area contributed by atoms with Crippen LogP contribution in [0.25, 0.3) is 11.2 Å². The minimum absolute atomic E-state index is 0.146. The molecule has 8 nitrogen and oxygen atoms in total. The van der Waals surface area contributed by atoms with Crippen LogP contribution in [0.3, 0.4) is 0 Å². The van der Waals surface area contributed by atoms with Crippen molar-refractivity contribution >= 4 is 11.2 Å². The van der Waals surface area contributed by atoms with E-state index in [1.54, 1.807) is 7.05 Å². The first-order valence-electron chi connectivity index (χ1n) is 10.4. The zero-order valence-electron chi connectivity index (χ0n) is 18.0. The lowest BCUT2D eigenvalue weighted by Gasteiger charge is -2.35. The summed E-state index contributed by atoms with van der Waals surface area (Å²) in [5.74, 6) is 0.806. The summed E-state index contributed by atoms with van der Waals surface area (Å²) < 4.78 is 10.5. The molecule has 0 aliphatic carbocycles. The number of nitrogens with zero attached hydrogens (tertiary/aromatic N) is 5. The molecule has 160 valence electrons. The predicted molar refractivity (Wildman–Crippen MR) is 116 cm³/mol. The third-order valence-corrected chi connectivity index (χ3v) is 5.75. The summed E-state index contributed by atoms with van der Waals surface area (Å²) in [4.78, 5) is 32.5. The number of morpholine rings is 1. The summed E-state index contributed by atoms with van der Waals surface area (Å²) in [5, 5.41) is 0. The van der Waals surface area contributed by atoms with Crippen LogP contribution >= 0.6 is 0 Å². The van der Waals surface area contributed by atoms with E-state index in [0.717, 1.165) is 29.9 Å². The Kier molecular flexibility index (Phi) is 5.62. The van der Waals surface area contributed by atoms with Gasteiger partial charge in [0, 0.05) is 33.7 Å². The summed E-state index contributed by atoms with van der Waals surface area (Å²) in [6.07, 6.45) is 1.07. The number of ether oxygens (including phenoxy) is 1. The van der Waals surface area contributed by atoms with E-state index < -0.39 is 0 Å². The number of fused-ring (bicyclic) bond motifs is 1. The number of rotatable bonds is 5. The third-order valence-electron chi connectivity index (χ3n) is 5.75. The van der Waals surface area contributed by atoms with E-state index in [9.17, 15) is 9.59 Å². The maximum absolute atomic E-state index is 13.0. The SMILES string of the molecule is C[C@H]1CN(Cc2nc3c(c(=O)n(C)c(=O)n3C)n2CCc2ccccc2)C[C@H](C)O1. The van der Waals surface area contributed by atoms with Gasteiger partial charge in [0.2, 0.25) is 0 Å². The monoisotopic (exact) mass is 411 g/mol. The number of hydrogen-bond acceptors (Lipinski definition) is 5. The molecule has 0 N–H and O–H groups in total. The van der Waals surface area contributed by atoms with Crippen LogP contribution in [0.15, 0.2) is 39.9 Å². The van der Waals surface area contributed by atoms with Crippen molar-refractivity contribution in [2.24, 2.45) is 14.1 Å². The second-order valence-corrected chi connectivity index (χ2v) is 8.24. The van der Waals surface area contributed by atoms with Crippen LogP contribution in [0.4, 0.5) is 0 Å². The van der Waals surface area contributed by atoms with Crippen molar-refractivity contribution in [2.45, 2.75) is 45.6 Å². The summed E-state index contributed by atoms with van der Waals surface area (Å²) in [6, 6.07) is 10.2. The Balaban J connectivity index is 1.77. The molecule has 3 aromatic rings. The van der Waals surface area contributed by atoms with E-state index in [2.05, 4.69) is 30.9 Å². The van der Waals surface area contributed by atoms with Crippen LogP contribution in [-0.2, 0) is 38.3 Å². The lowest BCUT2D eigenvalue weighted by molar-refractivity contribution is -0.0712. The molecule has 0 amide bonds. The fourth-order valence-corrected chi connectivity index (χ4v) is 4.35. The third kappa shape index (κ3) is 3.85. The number of aryl methyl sites for hydroxylation is 3. The Bertz CT molecular complexity index is 1150. The molecule has 3 heterocycles. The normalized spacial score (nSPS) is 20.1. The lowest BCUT2D eigenvalue weighted by Crippen LogP contribution is -2.45. The molecule has 0 unspecified atom stereocenters. The maximum Gasteiger partial charge on any atom is 0.332 e. The van der Waals surface area contributed by atoms with Crippen LogP contribution in [-0.4, -0.2) is 48.9 Å². The van der Waals surface area contributed by atoms with Gasteiger partial charge in [0.25, 0.3) is 5.56 Å². The molecule has 8 heteroatoms. The van der Waals surface area contributed by atoms with Gasteiger partial charge in [0.15, 0.2) is 11.2 Å². The fraction of sp³-hybridized carbons (Fsp3) is 0.500. The van der Waals surface area contributed by atoms with Gasteiger partial charge >= 0.3 is 5.69 Å². The first kappa shape index (κ1) is 20.6. The molecule has 0 radical (unpaired) electrons. The second kappa shape index (κ2) is 8.20. The summed E-state index contributed by atoms with van der Waals surface area (Å²) in [6.45, 7) is 6.99. The molecule has 2 aromatic heterocycles. The summed E-state index contributed by atoms with van der Waals surface area (Å²) in [7, 11) is 3.19. The Hall–Kier alpha value is -2.71. The summed E-state index contributed by atoms with van der Waals surface area (Å²) in [5.41, 5.74) is 1.46. The maximum atomic E-state index is 13.0. The van der Waals surface area contributed by atoms with Crippen molar-refractivity contribution in [1.82, 2.24) is 23.6 Å². The molecule has 1 aromatic carbocycles. The molecule has 0 spiro atoms. The van der Waals surface area contributed by atoms with Crippen LogP contribution in [0.5, 0.6) is 0 Å². The fourth-order valence-electron chi connectivity index (χ4n) is 4.35. The molecule has 4 rings (SSSR count). The zero-order valence-corrected chi connectivity index (χ0v) is 18.0. The van der Waals surface area contributed by atoms with Crippen LogP contribution in [0.2, 0.25) is 0 Å². The highest BCUT2D eigenvalue weighted by molar-refractivity contribution is 5.71. The molecule has 1 fully saturated rings. The van der Waals surface area contributed by atoms with E-state index in [1.165, 1.54) is 17.2 Å². The lowest BCUT2D eigenvalue weighted by atomic mass is 10.1. The van der Waals surface area contributed by atoms with Gasteiger partial charge in [0.05, 0.1) is 18.8 Å². The Morgan fingerprint density at radius 2 is 1.70 bits per heavy atom. The minimum Gasteiger partial charge on any atom is -0.373 e. The van der Waals surface area contributed by atoms with Gasteiger partial charge in [-0.05, 0) is 25.8 Å². The van der Waals surface area contributed by atoms with Crippen molar-refractivity contribution in [3.63, 3.8) is 0 Å². The molecule has 1 aliphatic heterocycles. The van der Waals surface area contributed by atoms with E-state index >= 15 is 0 Å². The highest BCUT2D eigenvalue weighted by Crippen LogP contribution is 2.18. The van der Waals surface area contributed by atoms with Gasteiger partial charge in [-0.2, -0.15) is 0 Å². The standard InChI is InChI=1S/C22H29N5O3/c1-15-12-26(13-16(2)30-15)14-18-23-20-19(21(28)25(4)22(29)24(20)3)27(18)11-10-17-8-6-5-7-9-17/h5-9,15-16H,10-14H2,1-4H3/t15-,16-/m0/s1. The molecule has 1 saturated heterocycles. The van der Waals surface area contributed by atoms with Gasteiger partial charge in [-0.25, -0.2) is 9.78 Å². The van der Waals surface area contributed by atoms with Gasteiger partial charge < -0.3 is 9.30 Å². The smallest absolute Gasteiger partial charge is 0.332 e. The average molecular weight is 412 g/mol. The van der Waals surface area contributed by atoms with Crippen molar-refractivity contribution in [2.75, 3.05) is 13.1 Å². The molecule has 1 aliphatic rings. The quantitative estimate of drug-likeness (QED) is 0.633. The van der Waals surface area contributed by atoms with Crippen molar-refractivity contribution in [3.05, 3.63) is 62.6 Å². The predicted octanol–water partition coefficient (Wildman–Crippen LogP) is 1.29. The first-order chi connectivity index (χ1) is 14.3. The molecule has 30 heavy (non-hydrogen) atoms. The van der Waals surface area contributed by atoms with Gasteiger partial charge in [-0.15, -0.1) is 0 Å². The van der Waals surface area contributed by atoms with E-state index in [-0.39, 0.29) is 23.5 Å². The number of imidazole rings is 1. The largest absolute Gasteiger partial charge is 0.373 e. The molecule has 0 bridgehead atoms. The highest BCUT2D eigenvalue weighted by Gasteiger charge is 2.25. The number of hydrogen-bond donors (Lipinski definition) is 0. The first-order valence-corrected chi connectivity index (χ1v) is 10.4. The molecular weight excluding hydrogens is 382 g/mol. The van der Waals surface area contributed by atoms with Gasteiger partial charge in [-0.1, -0.05) is 30.3 Å². The highest BCUT2D eigenvalue weighted by atomic mass is 16.5. The topological polar surface area (TPSA) is 74.3 Å². The van der Waals surface area contributed by atoms with E-state index in [1.807, 2.05) is 22.8 Å². The number of benzene rings is 1. The molecule has 0 saturated carbocycles. The van der Waals surface area contributed by atoms with Crippen molar-refractivity contribution in [1.29, 1.82) is 0 Å². The van der Waals surface area contributed by atoms with Crippen LogP contribution < -0.4 is 11.2 Å². The Morgan fingerprint density at radius 3 is 2.37 bits per heavy atom. The van der Waals surface area contributed by atoms with Gasteiger partial charge in [0.1, 0.15) is 5.82 Å². The van der Waals surface area contributed by atoms with E-state index in [4.69, 9.17) is 9.72 Å². The van der Waals surface area contributed by atoms with Crippen molar-refractivity contribution < 1.29 is 4.74 Å². The van der Waals surface area contributed by atoms with Crippen LogP contribution in [0.1, 0.15) is 25.2 Å². The number of aromatic nitrogens is 4. The van der Waals surface area contributed by atoms with Gasteiger partial charge in [-0.3, -0.25) is 18.8 Å². The Morgan fingerprint density at radius 1 is 1.03 bits per heavy atom. The van der Waals surface area contributed by atoms with Crippen LogP contribution in [0, 0.1) is 0 Å². The Labute approximate surface area is 175 Å². The molecule has 2 atom stereocenters. The van der Waals surface area contributed by atoms with E-state index in [0.29, 0.717) is 24.3 Å².